The molecule has 0 spiro atoms. The van der Waals surface area contributed by atoms with Crippen LogP contribution in [0.5, 0.6) is 0 Å². The standard InChI is InChI=1S/C12H15F3N2/c1-8(17-6-4-16-5-7-17)9-2-3-10(13)12(15)11(9)14/h2-3,8,16H,4-7H2,1H3/t8-/m0/s1. The average Bonchev–Trinajstić information content (AvgIpc) is 2.36. The predicted octanol–water partition coefficient (Wildman–Crippen LogP) is 2.07. The van der Waals surface area contributed by atoms with Crippen molar-refractivity contribution in [2.75, 3.05) is 26.2 Å². The van der Waals surface area contributed by atoms with E-state index in [1.807, 2.05) is 4.90 Å². The molecule has 0 saturated carbocycles. The third kappa shape index (κ3) is 2.45. The lowest BCUT2D eigenvalue weighted by Gasteiger charge is -2.33. The number of hydrogen-bond donors (Lipinski definition) is 1. The second-order valence-electron chi connectivity index (χ2n) is 4.23. The van der Waals surface area contributed by atoms with Gasteiger partial charge in [0.25, 0.3) is 0 Å². The molecule has 1 heterocycles. The Hall–Kier alpha value is -1.07. The van der Waals surface area contributed by atoms with Gasteiger partial charge in [0.1, 0.15) is 0 Å². The molecule has 0 amide bonds. The van der Waals surface area contributed by atoms with Gasteiger partial charge in [0.2, 0.25) is 0 Å². The Bertz CT molecular complexity index is 403. The number of nitrogens with one attached hydrogen (secondary N) is 1. The molecule has 1 atom stereocenters. The largest absolute Gasteiger partial charge is 0.314 e. The fourth-order valence-corrected chi connectivity index (χ4v) is 2.13. The van der Waals surface area contributed by atoms with E-state index in [9.17, 15) is 13.2 Å². The van der Waals surface area contributed by atoms with Gasteiger partial charge >= 0.3 is 0 Å². The summed E-state index contributed by atoms with van der Waals surface area (Å²) in [6.07, 6.45) is 0. The quantitative estimate of drug-likeness (QED) is 0.801. The van der Waals surface area contributed by atoms with E-state index in [0.717, 1.165) is 32.2 Å². The summed E-state index contributed by atoms with van der Waals surface area (Å²) in [6.45, 7) is 5.02. The molecule has 0 aromatic heterocycles. The first-order valence-corrected chi connectivity index (χ1v) is 5.69. The van der Waals surface area contributed by atoms with Gasteiger partial charge in [-0.2, -0.15) is 0 Å². The third-order valence-corrected chi connectivity index (χ3v) is 3.21. The first-order chi connectivity index (χ1) is 8.11. The van der Waals surface area contributed by atoms with Crippen molar-refractivity contribution in [3.8, 4) is 0 Å². The van der Waals surface area contributed by atoms with Crippen LogP contribution in [0.25, 0.3) is 0 Å². The molecule has 1 N–H and O–H groups in total. The first-order valence-electron chi connectivity index (χ1n) is 5.69. The fraction of sp³-hybridized carbons (Fsp3) is 0.500. The Morgan fingerprint density at radius 1 is 1.12 bits per heavy atom. The Morgan fingerprint density at radius 2 is 1.76 bits per heavy atom. The van der Waals surface area contributed by atoms with Crippen LogP contribution in [0.3, 0.4) is 0 Å². The van der Waals surface area contributed by atoms with Crippen molar-refractivity contribution < 1.29 is 13.2 Å². The van der Waals surface area contributed by atoms with Gasteiger partial charge in [-0.25, -0.2) is 13.2 Å². The minimum absolute atomic E-state index is 0.214. The third-order valence-electron chi connectivity index (χ3n) is 3.21. The van der Waals surface area contributed by atoms with Crippen molar-refractivity contribution in [1.82, 2.24) is 10.2 Å². The summed E-state index contributed by atoms with van der Waals surface area (Å²) in [6, 6.07) is 2.06. The SMILES string of the molecule is C[C@@H](c1ccc(F)c(F)c1F)N1CCNCC1. The van der Waals surface area contributed by atoms with Crippen LogP contribution in [0.1, 0.15) is 18.5 Å². The van der Waals surface area contributed by atoms with E-state index in [1.165, 1.54) is 6.07 Å². The lowest BCUT2D eigenvalue weighted by atomic mass is 10.1. The molecule has 0 bridgehead atoms. The number of rotatable bonds is 2. The number of benzene rings is 1. The summed E-state index contributed by atoms with van der Waals surface area (Å²) >= 11 is 0. The van der Waals surface area contributed by atoms with E-state index >= 15 is 0 Å². The molecule has 0 radical (unpaired) electrons. The van der Waals surface area contributed by atoms with E-state index in [0.29, 0.717) is 0 Å². The van der Waals surface area contributed by atoms with Crippen LogP contribution in [0.15, 0.2) is 12.1 Å². The van der Waals surface area contributed by atoms with Crippen molar-refractivity contribution in [1.29, 1.82) is 0 Å². The van der Waals surface area contributed by atoms with Gasteiger partial charge in [-0.05, 0) is 13.0 Å². The number of nitrogens with zero attached hydrogens (tertiary/aromatic N) is 1. The van der Waals surface area contributed by atoms with Gasteiger partial charge < -0.3 is 5.32 Å². The molecule has 1 aromatic carbocycles. The van der Waals surface area contributed by atoms with Crippen LogP contribution in [-0.4, -0.2) is 31.1 Å². The summed E-state index contributed by atoms with van der Waals surface area (Å²) in [7, 11) is 0. The van der Waals surface area contributed by atoms with E-state index < -0.39 is 17.5 Å². The van der Waals surface area contributed by atoms with Gasteiger partial charge in [-0.15, -0.1) is 0 Å². The molecular weight excluding hydrogens is 229 g/mol. The molecule has 0 unspecified atom stereocenters. The highest BCUT2D eigenvalue weighted by Gasteiger charge is 2.23. The zero-order valence-corrected chi connectivity index (χ0v) is 9.64. The summed E-state index contributed by atoms with van der Waals surface area (Å²) in [5.41, 5.74) is 0.214. The van der Waals surface area contributed by atoms with Crippen molar-refractivity contribution in [3.63, 3.8) is 0 Å². The second-order valence-corrected chi connectivity index (χ2v) is 4.23. The zero-order valence-electron chi connectivity index (χ0n) is 9.64. The molecule has 2 rings (SSSR count). The van der Waals surface area contributed by atoms with Gasteiger partial charge in [0, 0.05) is 37.8 Å². The van der Waals surface area contributed by atoms with Gasteiger partial charge in [-0.3, -0.25) is 4.90 Å². The molecule has 0 aliphatic carbocycles. The van der Waals surface area contributed by atoms with E-state index in [-0.39, 0.29) is 11.6 Å². The molecule has 1 aliphatic rings. The summed E-state index contributed by atoms with van der Waals surface area (Å²) in [4.78, 5) is 2.05. The maximum Gasteiger partial charge on any atom is 0.194 e. The first kappa shape index (κ1) is 12.4. The predicted molar refractivity (Wildman–Crippen MR) is 59.2 cm³/mol. The molecular formula is C12H15F3N2. The van der Waals surface area contributed by atoms with E-state index in [4.69, 9.17) is 0 Å². The maximum atomic E-state index is 13.6. The number of piperazine rings is 1. The van der Waals surface area contributed by atoms with Crippen LogP contribution < -0.4 is 5.32 Å². The average molecular weight is 244 g/mol. The molecule has 94 valence electrons. The summed E-state index contributed by atoms with van der Waals surface area (Å²) in [5.74, 6) is -3.60. The molecule has 5 heteroatoms. The normalized spacial score (nSPS) is 19.3. The minimum Gasteiger partial charge on any atom is -0.314 e. The van der Waals surface area contributed by atoms with Crippen LogP contribution in [0, 0.1) is 17.5 Å². The summed E-state index contributed by atoms with van der Waals surface area (Å²) < 4.78 is 39.6. The Balaban J connectivity index is 2.24. The van der Waals surface area contributed by atoms with Gasteiger partial charge in [-0.1, -0.05) is 6.07 Å². The smallest absolute Gasteiger partial charge is 0.194 e. The zero-order chi connectivity index (χ0) is 12.4. The molecule has 1 aromatic rings. The Kier molecular flexibility index (Phi) is 3.69. The Morgan fingerprint density at radius 3 is 2.41 bits per heavy atom. The molecule has 1 fully saturated rings. The Labute approximate surface area is 98.4 Å². The fourth-order valence-electron chi connectivity index (χ4n) is 2.13. The van der Waals surface area contributed by atoms with Crippen molar-refractivity contribution in [2.24, 2.45) is 0 Å². The summed E-state index contributed by atoms with van der Waals surface area (Å²) in [5, 5.41) is 3.19. The van der Waals surface area contributed by atoms with Gasteiger partial charge in [0.15, 0.2) is 17.5 Å². The van der Waals surface area contributed by atoms with E-state index in [1.54, 1.807) is 6.92 Å². The highest BCUT2D eigenvalue weighted by atomic mass is 19.2. The van der Waals surface area contributed by atoms with Crippen LogP contribution in [-0.2, 0) is 0 Å². The second kappa shape index (κ2) is 5.06. The maximum absolute atomic E-state index is 13.6. The lowest BCUT2D eigenvalue weighted by molar-refractivity contribution is 0.181. The topological polar surface area (TPSA) is 15.3 Å². The highest BCUT2D eigenvalue weighted by Crippen LogP contribution is 2.25. The minimum atomic E-state index is -1.38. The van der Waals surface area contributed by atoms with Crippen molar-refractivity contribution in [2.45, 2.75) is 13.0 Å². The van der Waals surface area contributed by atoms with Crippen LogP contribution >= 0.6 is 0 Å². The highest BCUT2D eigenvalue weighted by molar-refractivity contribution is 5.23. The van der Waals surface area contributed by atoms with Gasteiger partial charge in [0.05, 0.1) is 0 Å². The van der Waals surface area contributed by atoms with Crippen LogP contribution in [0.4, 0.5) is 13.2 Å². The lowest BCUT2D eigenvalue weighted by Crippen LogP contribution is -2.44. The molecule has 2 nitrogen and oxygen atoms in total. The molecule has 17 heavy (non-hydrogen) atoms. The number of hydrogen-bond acceptors (Lipinski definition) is 2. The van der Waals surface area contributed by atoms with Crippen LogP contribution in [0.2, 0.25) is 0 Å². The van der Waals surface area contributed by atoms with Crippen molar-refractivity contribution >= 4 is 0 Å². The molecule has 1 saturated heterocycles. The van der Waals surface area contributed by atoms with Crippen molar-refractivity contribution in [3.05, 3.63) is 35.1 Å². The van der Waals surface area contributed by atoms with E-state index in [2.05, 4.69) is 5.32 Å². The monoisotopic (exact) mass is 244 g/mol. The molecule has 1 aliphatic heterocycles. The number of halogens is 3.